The number of aryl methyl sites for hydroxylation is 1. The van der Waals surface area contributed by atoms with Crippen LogP contribution in [-0.4, -0.2) is 22.1 Å². The van der Waals surface area contributed by atoms with Crippen LogP contribution in [0.5, 0.6) is 5.75 Å². The fraction of sp³-hybridized carbons (Fsp3) is 0.333. The predicted octanol–water partition coefficient (Wildman–Crippen LogP) is 3.68. The second-order valence-corrected chi connectivity index (χ2v) is 5.11. The molecular weight excluding hydrogens is 311 g/mol. The molecule has 124 valence electrons. The van der Waals surface area contributed by atoms with Gasteiger partial charge in [0.2, 0.25) is 5.91 Å². The lowest BCUT2D eigenvalue weighted by Crippen LogP contribution is -2.18. The van der Waals surface area contributed by atoms with Crippen molar-refractivity contribution < 1.29 is 22.7 Å². The Morgan fingerprint density at radius 3 is 2.48 bits per heavy atom. The number of anilines is 1. The predicted molar refractivity (Wildman–Crippen MR) is 78.0 cm³/mol. The highest BCUT2D eigenvalue weighted by Crippen LogP contribution is 2.24. The van der Waals surface area contributed by atoms with Crippen molar-refractivity contribution in [2.24, 2.45) is 0 Å². The van der Waals surface area contributed by atoms with E-state index in [1.165, 1.54) is 12.1 Å². The third-order valence-electron chi connectivity index (χ3n) is 3.05. The zero-order chi connectivity index (χ0) is 17.0. The highest BCUT2D eigenvalue weighted by atomic mass is 19.4. The maximum Gasteiger partial charge on any atom is 0.573 e. The van der Waals surface area contributed by atoms with E-state index in [1.54, 1.807) is 10.9 Å². The van der Waals surface area contributed by atoms with Crippen LogP contribution in [0.15, 0.2) is 36.5 Å². The average Bonchev–Trinajstić information content (AvgIpc) is 2.86. The van der Waals surface area contributed by atoms with Gasteiger partial charge in [-0.25, -0.2) is 0 Å². The first-order valence-electron chi connectivity index (χ1n) is 6.90. The quantitative estimate of drug-likeness (QED) is 0.911. The van der Waals surface area contributed by atoms with Gasteiger partial charge in [0.25, 0.3) is 0 Å². The van der Waals surface area contributed by atoms with Gasteiger partial charge in [-0.2, -0.15) is 5.10 Å². The van der Waals surface area contributed by atoms with Gasteiger partial charge >= 0.3 is 6.36 Å². The van der Waals surface area contributed by atoms with Crippen molar-refractivity contribution >= 4 is 11.6 Å². The Balaban J connectivity index is 1.90. The Hall–Kier alpha value is -2.51. The van der Waals surface area contributed by atoms with E-state index in [-0.39, 0.29) is 24.1 Å². The number of halogens is 3. The number of benzene rings is 1. The van der Waals surface area contributed by atoms with E-state index >= 15 is 0 Å². The highest BCUT2D eigenvalue weighted by Gasteiger charge is 2.30. The van der Waals surface area contributed by atoms with E-state index in [2.05, 4.69) is 15.2 Å². The molecule has 8 heteroatoms. The van der Waals surface area contributed by atoms with Gasteiger partial charge in [-0.3, -0.25) is 9.48 Å². The maximum absolute atomic E-state index is 12.1. The van der Waals surface area contributed by atoms with Crippen LogP contribution in [-0.2, 0) is 4.79 Å². The third kappa shape index (κ3) is 5.32. The molecule has 1 atom stereocenters. The number of hydrogen-bond donors (Lipinski definition) is 1. The molecule has 5 nitrogen and oxygen atoms in total. The molecular formula is C15H16F3N3O2. The van der Waals surface area contributed by atoms with Crippen LogP contribution in [0.1, 0.15) is 25.1 Å². The van der Waals surface area contributed by atoms with Crippen LogP contribution >= 0.6 is 0 Å². The minimum atomic E-state index is -4.73. The summed E-state index contributed by atoms with van der Waals surface area (Å²) in [4.78, 5) is 12.0. The van der Waals surface area contributed by atoms with Crippen LogP contribution in [0.25, 0.3) is 0 Å². The number of nitrogens with zero attached hydrogens (tertiary/aromatic N) is 2. The van der Waals surface area contributed by atoms with Gasteiger partial charge < -0.3 is 10.1 Å². The summed E-state index contributed by atoms with van der Waals surface area (Å²) in [6.45, 7) is 3.71. The molecule has 0 aliphatic heterocycles. The van der Waals surface area contributed by atoms with E-state index < -0.39 is 6.36 Å². The second kappa shape index (κ2) is 6.72. The van der Waals surface area contributed by atoms with E-state index in [0.29, 0.717) is 5.69 Å². The monoisotopic (exact) mass is 327 g/mol. The Kier molecular flexibility index (Phi) is 4.92. The smallest absolute Gasteiger partial charge is 0.406 e. The summed E-state index contributed by atoms with van der Waals surface area (Å²) in [6, 6.07) is 6.70. The van der Waals surface area contributed by atoms with Gasteiger partial charge in [-0.1, -0.05) is 0 Å². The summed E-state index contributed by atoms with van der Waals surface area (Å²) in [7, 11) is 0. The molecule has 0 aliphatic rings. The number of ether oxygens (including phenoxy) is 1. The molecule has 2 rings (SSSR count). The molecule has 0 radical (unpaired) electrons. The molecule has 1 unspecified atom stereocenters. The van der Waals surface area contributed by atoms with Gasteiger partial charge in [0.1, 0.15) is 5.75 Å². The van der Waals surface area contributed by atoms with E-state index in [4.69, 9.17) is 0 Å². The Morgan fingerprint density at radius 2 is 1.96 bits per heavy atom. The molecule has 0 spiro atoms. The van der Waals surface area contributed by atoms with E-state index in [0.717, 1.165) is 17.8 Å². The molecule has 0 aliphatic carbocycles. The van der Waals surface area contributed by atoms with Crippen molar-refractivity contribution in [2.75, 3.05) is 5.32 Å². The number of hydrogen-bond acceptors (Lipinski definition) is 3. The largest absolute Gasteiger partial charge is 0.573 e. The van der Waals surface area contributed by atoms with Crippen LogP contribution in [0.2, 0.25) is 0 Å². The minimum absolute atomic E-state index is 0.128. The summed E-state index contributed by atoms with van der Waals surface area (Å²) in [5, 5.41) is 6.85. The topological polar surface area (TPSA) is 56.2 Å². The van der Waals surface area contributed by atoms with Gasteiger partial charge in [0, 0.05) is 18.3 Å². The molecule has 1 heterocycles. The number of aromatic nitrogens is 2. The first-order chi connectivity index (χ1) is 10.7. The molecule has 1 aromatic carbocycles. The lowest BCUT2D eigenvalue weighted by atomic mass is 10.2. The van der Waals surface area contributed by atoms with Crippen LogP contribution in [0.3, 0.4) is 0 Å². The Morgan fingerprint density at radius 1 is 1.30 bits per heavy atom. The minimum Gasteiger partial charge on any atom is -0.406 e. The lowest BCUT2D eigenvalue weighted by molar-refractivity contribution is -0.274. The fourth-order valence-corrected chi connectivity index (χ4v) is 1.99. The SMILES string of the molecule is Cc1ccn(C(C)CC(=O)Nc2ccc(OC(F)(F)F)cc2)n1. The Labute approximate surface area is 131 Å². The number of nitrogens with one attached hydrogen (secondary N) is 1. The zero-order valence-corrected chi connectivity index (χ0v) is 12.6. The van der Waals surface area contributed by atoms with Crippen LogP contribution < -0.4 is 10.1 Å². The number of alkyl halides is 3. The summed E-state index contributed by atoms with van der Waals surface area (Å²) in [6.07, 6.45) is -2.75. The van der Waals surface area contributed by atoms with Gasteiger partial charge in [0.15, 0.2) is 0 Å². The fourth-order valence-electron chi connectivity index (χ4n) is 1.99. The summed E-state index contributed by atoms with van der Waals surface area (Å²) in [5.74, 6) is -0.592. The van der Waals surface area contributed by atoms with Crippen molar-refractivity contribution in [3.05, 3.63) is 42.2 Å². The molecule has 1 N–H and O–H groups in total. The second-order valence-electron chi connectivity index (χ2n) is 5.11. The molecule has 23 heavy (non-hydrogen) atoms. The lowest BCUT2D eigenvalue weighted by Gasteiger charge is -2.13. The average molecular weight is 327 g/mol. The Bertz CT molecular complexity index is 665. The molecule has 0 saturated carbocycles. The number of rotatable bonds is 5. The first kappa shape index (κ1) is 16.9. The van der Waals surface area contributed by atoms with E-state index in [1.807, 2.05) is 19.9 Å². The number of carbonyl (C=O) groups is 1. The van der Waals surface area contributed by atoms with Crippen LogP contribution in [0.4, 0.5) is 18.9 Å². The van der Waals surface area contributed by atoms with Gasteiger partial charge in [-0.15, -0.1) is 13.2 Å². The molecule has 0 bridgehead atoms. The van der Waals surface area contributed by atoms with Crippen molar-refractivity contribution in [2.45, 2.75) is 32.7 Å². The first-order valence-corrected chi connectivity index (χ1v) is 6.90. The van der Waals surface area contributed by atoms with Gasteiger partial charge in [0.05, 0.1) is 11.7 Å². The highest BCUT2D eigenvalue weighted by molar-refractivity contribution is 5.90. The number of amides is 1. The van der Waals surface area contributed by atoms with Crippen molar-refractivity contribution in [1.29, 1.82) is 0 Å². The molecule has 0 saturated heterocycles. The maximum atomic E-state index is 12.1. The van der Waals surface area contributed by atoms with Gasteiger partial charge in [-0.05, 0) is 44.2 Å². The summed E-state index contributed by atoms with van der Waals surface area (Å²) >= 11 is 0. The molecule has 1 aromatic heterocycles. The van der Waals surface area contributed by atoms with Crippen LogP contribution in [0, 0.1) is 6.92 Å². The standard InChI is InChI=1S/C15H16F3N3O2/c1-10-7-8-21(20-10)11(2)9-14(22)19-12-3-5-13(6-4-12)23-15(16,17)18/h3-8,11H,9H2,1-2H3,(H,19,22). The molecule has 2 aromatic rings. The summed E-state index contributed by atoms with van der Waals surface area (Å²) < 4.78 is 41.6. The third-order valence-corrected chi connectivity index (χ3v) is 3.05. The normalized spacial score (nSPS) is 12.7. The zero-order valence-electron chi connectivity index (χ0n) is 12.6. The summed E-state index contributed by atoms with van der Waals surface area (Å²) in [5.41, 5.74) is 1.26. The van der Waals surface area contributed by atoms with Crippen molar-refractivity contribution in [1.82, 2.24) is 9.78 Å². The van der Waals surface area contributed by atoms with Crippen molar-refractivity contribution in [3.8, 4) is 5.75 Å². The molecule has 1 amide bonds. The van der Waals surface area contributed by atoms with E-state index in [9.17, 15) is 18.0 Å². The number of carbonyl (C=O) groups excluding carboxylic acids is 1. The van der Waals surface area contributed by atoms with Crippen molar-refractivity contribution in [3.63, 3.8) is 0 Å². The molecule has 0 fully saturated rings.